The largest absolute Gasteiger partial charge is 0.486 e. The van der Waals surface area contributed by atoms with Crippen molar-refractivity contribution in [1.82, 2.24) is 5.32 Å². The van der Waals surface area contributed by atoms with Gasteiger partial charge >= 0.3 is 5.97 Å². The Hall–Kier alpha value is -2.53. The molecule has 2 aromatic rings. The molecular formula is C24H29NO4. The normalized spacial score (nSPS) is 21.7. The molecule has 3 atom stereocenters. The summed E-state index contributed by atoms with van der Waals surface area (Å²) < 4.78 is 11.6. The number of fused-ring (bicyclic) bond motifs is 1. The number of benzene rings is 2. The van der Waals surface area contributed by atoms with E-state index in [-0.39, 0.29) is 12.5 Å². The molecule has 1 heterocycles. The molecule has 1 fully saturated rings. The Morgan fingerprint density at radius 1 is 1.14 bits per heavy atom. The van der Waals surface area contributed by atoms with E-state index >= 15 is 0 Å². The van der Waals surface area contributed by atoms with Crippen LogP contribution in [0.25, 0.3) is 0 Å². The number of hydrogen-bond acceptors (Lipinski definition) is 4. The monoisotopic (exact) mass is 395 g/mol. The second-order valence-electron chi connectivity index (χ2n) is 8.10. The summed E-state index contributed by atoms with van der Waals surface area (Å²) in [4.78, 5) is 10.7. The van der Waals surface area contributed by atoms with Crippen LogP contribution in [0, 0.1) is 0 Å². The molecule has 0 amide bonds. The first-order valence-corrected chi connectivity index (χ1v) is 10.6. The smallest absolute Gasteiger partial charge is 0.303 e. The minimum atomic E-state index is -0.746. The summed E-state index contributed by atoms with van der Waals surface area (Å²) in [5.74, 6) is 1.53. The van der Waals surface area contributed by atoms with Crippen molar-refractivity contribution < 1.29 is 19.4 Å². The van der Waals surface area contributed by atoms with Gasteiger partial charge in [-0.15, -0.1) is 0 Å². The first-order valence-electron chi connectivity index (χ1n) is 10.6. The number of rotatable bonds is 7. The van der Waals surface area contributed by atoms with Crippen LogP contribution in [-0.4, -0.2) is 30.3 Å². The summed E-state index contributed by atoms with van der Waals surface area (Å²) in [7, 11) is 0. The van der Waals surface area contributed by atoms with Gasteiger partial charge in [0.15, 0.2) is 11.5 Å². The van der Waals surface area contributed by atoms with Crippen LogP contribution in [0.3, 0.4) is 0 Å². The van der Waals surface area contributed by atoms with Crippen molar-refractivity contribution in [1.29, 1.82) is 0 Å². The van der Waals surface area contributed by atoms with Gasteiger partial charge in [0.05, 0.1) is 0 Å². The quantitative estimate of drug-likeness (QED) is 0.724. The SMILES string of the molecule is CC(NC1CC[C@H](c2ccc(CCC(=O)O)cc2)C1)c1cccc2c1OCCO2. The Bertz CT molecular complexity index is 848. The maximum atomic E-state index is 10.7. The predicted molar refractivity (Wildman–Crippen MR) is 112 cm³/mol. The average molecular weight is 395 g/mol. The molecule has 0 spiro atoms. The molecule has 5 nitrogen and oxygen atoms in total. The van der Waals surface area contributed by atoms with Crippen molar-refractivity contribution in [2.45, 2.75) is 57.0 Å². The number of carboxylic acids is 1. The third-order valence-electron chi connectivity index (χ3n) is 6.06. The van der Waals surface area contributed by atoms with Crippen LogP contribution in [0.5, 0.6) is 11.5 Å². The van der Waals surface area contributed by atoms with Gasteiger partial charge in [-0.2, -0.15) is 0 Å². The van der Waals surface area contributed by atoms with Gasteiger partial charge in [-0.05, 0) is 55.7 Å². The lowest BCUT2D eigenvalue weighted by molar-refractivity contribution is -0.136. The van der Waals surface area contributed by atoms with E-state index in [1.807, 2.05) is 12.1 Å². The van der Waals surface area contributed by atoms with Crippen LogP contribution in [0.1, 0.15) is 61.3 Å². The van der Waals surface area contributed by atoms with E-state index in [1.54, 1.807) is 0 Å². The van der Waals surface area contributed by atoms with E-state index < -0.39 is 5.97 Å². The standard InChI is InChI=1S/C24H29NO4/c1-16(21-3-2-4-22-24(21)29-14-13-28-22)25-20-11-10-19(15-20)18-8-5-17(6-9-18)7-12-23(26)27/h2-6,8-9,16,19-20,25H,7,10-15H2,1H3,(H,26,27)/t16?,19-,20?/m0/s1. The van der Waals surface area contributed by atoms with Gasteiger partial charge in [-0.25, -0.2) is 0 Å². The van der Waals surface area contributed by atoms with Gasteiger partial charge in [-0.1, -0.05) is 36.4 Å². The Morgan fingerprint density at radius 2 is 1.93 bits per heavy atom. The topological polar surface area (TPSA) is 67.8 Å². The summed E-state index contributed by atoms with van der Waals surface area (Å²) >= 11 is 0. The third-order valence-corrected chi connectivity index (χ3v) is 6.06. The Balaban J connectivity index is 1.35. The molecule has 5 heteroatoms. The Morgan fingerprint density at radius 3 is 2.72 bits per heavy atom. The highest BCUT2D eigenvalue weighted by atomic mass is 16.6. The molecule has 2 aliphatic rings. The van der Waals surface area contributed by atoms with E-state index in [0.717, 1.165) is 35.5 Å². The van der Waals surface area contributed by atoms with Crippen LogP contribution in [0.2, 0.25) is 0 Å². The van der Waals surface area contributed by atoms with Crippen molar-refractivity contribution in [3.63, 3.8) is 0 Å². The van der Waals surface area contributed by atoms with Crippen LogP contribution in [-0.2, 0) is 11.2 Å². The molecule has 1 aliphatic carbocycles. The number of aliphatic carboxylic acids is 1. The molecule has 2 aromatic carbocycles. The fourth-order valence-corrected chi connectivity index (χ4v) is 4.52. The lowest BCUT2D eigenvalue weighted by Gasteiger charge is -2.26. The van der Waals surface area contributed by atoms with E-state index in [0.29, 0.717) is 31.6 Å². The number of aryl methyl sites for hydroxylation is 1. The summed E-state index contributed by atoms with van der Waals surface area (Å²) in [6, 6.07) is 15.3. The lowest BCUT2D eigenvalue weighted by atomic mass is 9.95. The number of para-hydroxylation sites is 1. The number of hydrogen-bond donors (Lipinski definition) is 2. The molecular weight excluding hydrogens is 366 g/mol. The van der Waals surface area contributed by atoms with E-state index in [9.17, 15) is 4.79 Å². The van der Waals surface area contributed by atoms with E-state index in [1.165, 1.54) is 12.0 Å². The average Bonchev–Trinajstić information content (AvgIpc) is 3.20. The predicted octanol–water partition coefficient (Wildman–Crippen LogP) is 4.46. The molecule has 1 aliphatic heterocycles. The molecule has 29 heavy (non-hydrogen) atoms. The Labute approximate surface area is 172 Å². The molecule has 1 saturated carbocycles. The molecule has 0 saturated heterocycles. The van der Waals surface area contributed by atoms with Crippen molar-refractivity contribution in [2.75, 3.05) is 13.2 Å². The van der Waals surface area contributed by atoms with Crippen molar-refractivity contribution in [2.24, 2.45) is 0 Å². The fourth-order valence-electron chi connectivity index (χ4n) is 4.52. The van der Waals surface area contributed by atoms with Crippen LogP contribution < -0.4 is 14.8 Å². The zero-order valence-corrected chi connectivity index (χ0v) is 16.9. The van der Waals surface area contributed by atoms with Gasteiger partial charge < -0.3 is 19.9 Å². The molecule has 0 aromatic heterocycles. The maximum absolute atomic E-state index is 10.7. The second-order valence-corrected chi connectivity index (χ2v) is 8.10. The molecule has 2 unspecified atom stereocenters. The summed E-state index contributed by atoms with van der Waals surface area (Å²) in [5.41, 5.74) is 3.61. The first-order chi connectivity index (χ1) is 14.1. The van der Waals surface area contributed by atoms with E-state index in [4.69, 9.17) is 14.6 Å². The highest BCUT2D eigenvalue weighted by Gasteiger charge is 2.28. The van der Waals surface area contributed by atoms with Gasteiger partial charge in [0, 0.05) is 24.1 Å². The summed E-state index contributed by atoms with van der Waals surface area (Å²) in [6.07, 6.45) is 4.22. The van der Waals surface area contributed by atoms with Gasteiger partial charge in [0.1, 0.15) is 13.2 Å². The molecule has 0 radical (unpaired) electrons. The van der Waals surface area contributed by atoms with Crippen molar-refractivity contribution in [3.05, 3.63) is 59.2 Å². The molecule has 4 rings (SSSR count). The second kappa shape index (κ2) is 8.87. The molecule has 154 valence electrons. The fraction of sp³-hybridized carbons (Fsp3) is 0.458. The van der Waals surface area contributed by atoms with Gasteiger partial charge in [0.25, 0.3) is 0 Å². The van der Waals surface area contributed by atoms with Gasteiger partial charge in [0.2, 0.25) is 0 Å². The highest BCUT2D eigenvalue weighted by Crippen LogP contribution is 2.39. The maximum Gasteiger partial charge on any atom is 0.303 e. The van der Waals surface area contributed by atoms with Crippen molar-refractivity contribution in [3.8, 4) is 11.5 Å². The summed E-state index contributed by atoms with van der Waals surface area (Å²) in [5, 5.41) is 12.6. The zero-order valence-electron chi connectivity index (χ0n) is 16.9. The third kappa shape index (κ3) is 4.73. The number of nitrogens with one attached hydrogen (secondary N) is 1. The minimum Gasteiger partial charge on any atom is -0.486 e. The first kappa shape index (κ1) is 19.8. The molecule has 2 N–H and O–H groups in total. The van der Waals surface area contributed by atoms with Crippen LogP contribution in [0.4, 0.5) is 0 Å². The number of carboxylic acid groups (broad SMARTS) is 1. The number of ether oxygens (including phenoxy) is 2. The van der Waals surface area contributed by atoms with E-state index in [2.05, 4.69) is 42.6 Å². The Kier molecular flexibility index (Phi) is 6.05. The zero-order chi connectivity index (χ0) is 20.2. The highest BCUT2D eigenvalue weighted by molar-refractivity contribution is 5.67. The molecule has 0 bridgehead atoms. The minimum absolute atomic E-state index is 0.185. The summed E-state index contributed by atoms with van der Waals surface area (Å²) in [6.45, 7) is 3.40. The number of carbonyl (C=O) groups is 1. The van der Waals surface area contributed by atoms with Crippen LogP contribution >= 0.6 is 0 Å². The van der Waals surface area contributed by atoms with Crippen molar-refractivity contribution >= 4 is 5.97 Å². The van der Waals surface area contributed by atoms with Gasteiger partial charge in [-0.3, -0.25) is 4.79 Å². The van der Waals surface area contributed by atoms with Crippen LogP contribution in [0.15, 0.2) is 42.5 Å². The lowest BCUT2D eigenvalue weighted by Crippen LogP contribution is -2.30.